The third-order valence-electron chi connectivity index (χ3n) is 6.78. The lowest BCUT2D eigenvalue weighted by Gasteiger charge is -2.39. The number of rotatable bonds is 4. The normalized spacial score (nSPS) is 23.8. The van der Waals surface area contributed by atoms with Crippen LogP contribution in [0.15, 0.2) is 24.3 Å². The molecule has 2 heterocycles. The first-order valence-electron chi connectivity index (χ1n) is 10.2. The largest absolute Gasteiger partial charge is 0.480 e. The number of carbonyl (C=O) groups is 3. The summed E-state index contributed by atoms with van der Waals surface area (Å²) >= 11 is 0. The minimum absolute atomic E-state index is 0.0160. The van der Waals surface area contributed by atoms with E-state index in [1.807, 2.05) is 36.1 Å². The lowest BCUT2D eigenvalue weighted by atomic mass is 9.76. The molecule has 2 aliphatic heterocycles. The molecule has 2 amide bonds. The molecule has 0 radical (unpaired) electrons. The fourth-order valence-electron chi connectivity index (χ4n) is 4.75. The maximum atomic E-state index is 12.7. The van der Waals surface area contributed by atoms with Gasteiger partial charge in [0.15, 0.2) is 0 Å². The van der Waals surface area contributed by atoms with Crippen LogP contribution in [-0.2, 0) is 20.8 Å². The molecule has 1 unspecified atom stereocenters. The molecule has 3 aliphatic rings. The molecule has 4 rings (SSSR count). The van der Waals surface area contributed by atoms with Gasteiger partial charge in [-0.05, 0) is 55.6 Å². The van der Waals surface area contributed by atoms with Crippen LogP contribution in [0, 0.1) is 18.3 Å². The number of likely N-dealkylation sites (tertiary alicyclic amines) is 2. The zero-order valence-corrected chi connectivity index (χ0v) is 16.4. The molecule has 2 saturated heterocycles. The molecule has 1 saturated carbocycles. The van der Waals surface area contributed by atoms with E-state index in [0.29, 0.717) is 32.5 Å². The number of carboxylic acid groups (broad SMARTS) is 1. The summed E-state index contributed by atoms with van der Waals surface area (Å²) in [6.07, 6.45) is 4.23. The number of amides is 2. The SMILES string of the molecule is Cc1ccccc1CC(=O)N1CCC2(CC1)CC(C(=O)O)N(C(=O)C1CC1)C2. The molecular formula is C22H28N2O4. The van der Waals surface area contributed by atoms with Gasteiger partial charge in [-0.2, -0.15) is 0 Å². The van der Waals surface area contributed by atoms with Crippen LogP contribution >= 0.6 is 0 Å². The van der Waals surface area contributed by atoms with Gasteiger partial charge in [0, 0.05) is 25.6 Å². The fraction of sp³-hybridized carbons (Fsp3) is 0.591. The van der Waals surface area contributed by atoms with Crippen LogP contribution in [-0.4, -0.2) is 58.4 Å². The number of carbonyl (C=O) groups excluding carboxylic acids is 2. The molecule has 6 heteroatoms. The van der Waals surface area contributed by atoms with Crippen molar-refractivity contribution in [1.82, 2.24) is 9.80 Å². The Balaban J connectivity index is 1.39. The number of piperidine rings is 1. The lowest BCUT2D eigenvalue weighted by Crippen LogP contribution is -2.45. The number of hydrogen-bond donors (Lipinski definition) is 1. The van der Waals surface area contributed by atoms with Crippen LogP contribution in [0.25, 0.3) is 0 Å². The summed E-state index contributed by atoms with van der Waals surface area (Å²) in [7, 11) is 0. The van der Waals surface area contributed by atoms with E-state index in [-0.39, 0.29) is 23.1 Å². The van der Waals surface area contributed by atoms with Crippen LogP contribution in [0.2, 0.25) is 0 Å². The average Bonchev–Trinajstić information content (AvgIpc) is 3.46. The van der Waals surface area contributed by atoms with Crippen molar-refractivity contribution in [2.24, 2.45) is 11.3 Å². The third-order valence-corrected chi connectivity index (χ3v) is 6.78. The van der Waals surface area contributed by atoms with E-state index in [0.717, 1.165) is 36.8 Å². The van der Waals surface area contributed by atoms with Gasteiger partial charge in [-0.15, -0.1) is 0 Å². The Morgan fingerprint density at radius 3 is 2.43 bits per heavy atom. The topological polar surface area (TPSA) is 77.9 Å². The van der Waals surface area contributed by atoms with Crippen LogP contribution in [0.4, 0.5) is 0 Å². The Morgan fingerprint density at radius 1 is 1.14 bits per heavy atom. The fourth-order valence-corrected chi connectivity index (χ4v) is 4.75. The van der Waals surface area contributed by atoms with E-state index < -0.39 is 12.0 Å². The highest BCUT2D eigenvalue weighted by molar-refractivity contribution is 5.87. The first kappa shape index (κ1) is 19.0. The monoisotopic (exact) mass is 384 g/mol. The predicted octanol–water partition coefficient (Wildman–Crippen LogP) is 2.24. The second-order valence-electron chi connectivity index (χ2n) is 8.78. The van der Waals surface area contributed by atoms with Crippen molar-refractivity contribution in [3.8, 4) is 0 Å². The molecule has 3 fully saturated rings. The highest BCUT2D eigenvalue weighted by Gasteiger charge is 2.52. The quantitative estimate of drug-likeness (QED) is 0.864. The van der Waals surface area contributed by atoms with Crippen molar-refractivity contribution in [3.63, 3.8) is 0 Å². The van der Waals surface area contributed by atoms with Gasteiger partial charge in [-0.3, -0.25) is 9.59 Å². The summed E-state index contributed by atoms with van der Waals surface area (Å²) in [5, 5.41) is 9.62. The molecule has 1 aromatic rings. The molecule has 1 N–H and O–H groups in total. The number of aryl methyl sites for hydroxylation is 1. The van der Waals surface area contributed by atoms with Gasteiger partial charge >= 0.3 is 5.97 Å². The van der Waals surface area contributed by atoms with Crippen molar-refractivity contribution in [2.75, 3.05) is 19.6 Å². The van der Waals surface area contributed by atoms with E-state index in [1.54, 1.807) is 4.90 Å². The summed E-state index contributed by atoms with van der Waals surface area (Å²) in [4.78, 5) is 40.5. The van der Waals surface area contributed by atoms with Crippen LogP contribution in [0.3, 0.4) is 0 Å². The van der Waals surface area contributed by atoms with Gasteiger partial charge in [-0.25, -0.2) is 4.79 Å². The summed E-state index contributed by atoms with van der Waals surface area (Å²) in [5.41, 5.74) is 2.02. The number of benzene rings is 1. The predicted molar refractivity (Wildman–Crippen MR) is 104 cm³/mol. The van der Waals surface area contributed by atoms with Gasteiger partial charge in [0.1, 0.15) is 6.04 Å². The van der Waals surface area contributed by atoms with Crippen LogP contribution in [0.1, 0.15) is 43.2 Å². The van der Waals surface area contributed by atoms with Crippen molar-refractivity contribution in [3.05, 3.63) is 35.4 Å². The molecular weight excluding hydrogens is 356 g/mol. The highest BCUT2D eigenvalue weighted by Crippen LogP contribution is 2.45. The molecule has 6 nitrogen and oxygen atoms in total. The average molecular weight is 384 g/mol. The van der Waals surface area contributed by atoms with Gasteiger partial charge in [0.2, 0.25) is 11.8 Å². The van der Waals surface area contributed by atoms with Crippen molar-refractivity contribution in [1.29, 1.82) is 0 Å². The number of nitrogens with zero attached hydrogens (tertiary/aromatic N) is 2. The smallest absolute Gasteiger partial charge is 0.326 e. The van der Waals surface area contributed by atoms with Gasteiger partial charge in [-0.1, -0.05) is 24.3 Å². The van der Waals surface area contributed by atoms with Crippen LogP contribution in [0.5, 0.6) is 0 Å². The molecule has 0 aromatic heterocycles. The van der Waals surface area contributed by atoms with E-state index >= 15 is 0 Å². The number of aliphatic carboxylic acids is 1. The third kappa shape index (κ3) is 3.64. The summed E-state index contributed by atoms with van der Waals surface area (Å²) in [6, 6.07) is 7.24. The Kier molecular flexibility index (Phi) is 4.89. The molecule has 28 heavy (non-hydrogen) atoms. The Labute approximate surface area is 165 Å². The van der Waals surface area contributed by atoms with E-state index in [2.05, 4.69) is 0 Å². The van der Waals surface area contributed by atoms with Gasteiger partial charge in [0.05, 0.1) is 6.42 Å². The first-order chi connectivity index (χ1) is 13.4. The van der Waals surface area contributed by atoms with Crippen molar-refractivity contribution in [2.45, 2.75) is 51.5 Å². The van der Waals surface area contributed by atoms with Crippen molar-refractivity contribution < 1.29 is 19.5 Å². The molecule has 0 bridgehead atoms. The zero-order valence-electron chi connectivity index (χ0n) is 16.4. The highest BCUT2D eigenvalue weighted by atomic mass is 16.4. The maximum Gasteiger partial charge on any atom is 0.326 e. The minimum atomic E-state index is -0.899. The molecule has 1 spiro atoms. The standard InChI is InChI=1S/C22H28N2O4/c1-15-4-2-3-5-17(15)12-19(25)23-10-8-22(9-11-23)13-18(21(27)28)24(14-22)20(26)16-6-7-16/h2-5,16,18H,6-14H2,1H3,(H,27,28). The van der Waals surface area contributed by atoms with E-state index in [1.165, 1.54) is 0 Å². The maximum absolute atomic E-state index is 12.7. The Morgan fingerprint density at radius 2 is 1.82 bits per heavy atom. The summed E-state index contributed by atoms with van der Waals surface area (Å²) in [6.45, 7) is 3.83. The van der Waals surface area contributed by atoms with E-state index in [9.17, 15) is 19.5 Å². The van der Waals surface area contributed by atoms with Crippen LogP contribution < -0.4 is 0 Å². The van der Waals surface area contributed by atoms with Gasteiger partial charge < -0.3 is 14.9 Å². The second kappa shape index (κ2) is 7.22. The van der Waals surface area contributed by atoms with Crippen molar-refractivity contribution >= 4 is 17.8 Å². The minimum Gasteiger partial charge on any atom is -0.480 e. The first-order valence-corrected chi connectivity index (χ1v) is 10.2. The number of hydrogen-bond acceptors (Lipinski definition) is 3. The second-order valence-corrected chi connectivity index (χ2v) is 8.78. The molecule has 1 aromatic carbocycles. The Bertz CT molecular complexity index is 793. The van der Waals surface area contributed by atoms with Gasteiger partial charge in [0.25, 0.3) is 0 Å². The molecule has 1 atom stereocenters. The lowest BCUT2D eigenvalue weighted by molar-refractivity contribution is -0.148. The number of carboxylic acids is 1. The summed E-state index contributed by atoms with van der Waals surface area (Å²) in [5.74, 6) is -0.720. The Hall–Kier alpha value is -2.37. The molecule has 150 valence electrons. The zero-order chi connectivity index (χ0) is 19.9. The molecule has 1 aliphatic carbocycles. The van der Waals surface area contributed by atoms with E-state index in [4.69, 9.17) is 0 Å². The summed E-state index contributed by atoms with van der Waals surface area (Å²) < 4.78 is 0.